The van der Waals surface area contributed by atoms with Crippen LogP contribution in [0.4, 0.5) is 14.5 Å². The number of benzene rings is 2. The van der Waals surface area contributed by atoms with Crippen LogP contribution < -0.4 is 10.0 Å². The molecule has 0 aliphatic rings. The van der Waals surface area contributed by atoms with E-state index in [4.69, 9.17) is 5.11 Å². The Balaban J connectivity index is 2.05. The van der Waals surface area contributed by atoms with Gasteiger partial charge in [0.2, 0.25) is 0 Å². The Morgan fingerprint density at radius 3 is 2.19 bits per heavy atom. The van der Waals surface area contributed by atoms with Gasteiger partial charge in [0.25, 0.3) is 5.91 Å². The van der Waals surface area contributed by atoms with E-state index in [-0.39, 0.29) is 17.1 Å². The van der Waals surface area contributed by atoms with E-state index in [1.807, 2.05) is 20.8 Å². The van der Waals surface area contributed by atoms with Crippen molar-refractivity contribution in [1.82, 2.24) is 5.32 Å². The van der Waals surface area contributed by atoms with Crippen molar-refractivity contribution >= 4 is 29.5 Å². The van der Waals surface area contributed by atoms with Crippen LogP contribution in [-0.4, -0.2) is 22.5 Å². The SMILES string of the molecule is CC(C)(C)NC(=O)c1ccc(SNc2cc(F)c(C(=O)O)cc2F)cc1. The minimum Gasteiger partial charge on any atom is -0.478 e. The van der Waals surface area contributed by atoms with Crippen LogP contribution in [0.3, 0.4) is 0 Å². The van der Waals surface area contributed by atoms with Crippen LogP contribution in [0.5, 0.6) is 0 Å². The number of carboxylic acids is 1. The third-order valence-electron chi connectivity index (χ3n) is 3.17. The van der Waals surface area contributed by atoms with Crippen molar-refractivity contribution < 1.29 is 23.5 Å². The molecule has 1 amide bonds. The van der Waals surface area contributed by atoms with Crippen LogP contribution in [0.1, 0.15) is 41.5 Å². The molecule has 0 aliphatic heterocycles. The number of aromatic carboxylic acids is 1. The Morgan fingerprint density at radius 2 is 1.65 bits per heavy atom. The maximum absolute atomic E-state index is 13.9. The van der Waals surface area contributed by atoms with Crippen molar-refractivity contribution in [3.63, 3.8) is 0 Å². The van der Waals surface area contributed by atoms with E-state index in [9.17, 15) is 18.4 Å². The van der Waals surface area contributed by atoms with Gasteiger partial charge >= 0.3 is 5.97 Å². The average Bonchev–Trinajstić information content (AvgIpc) is 2.54. The number of carbonyl (C=O) groups excluding carboxylic acids is 1. The first-order valence-corrected chi connectivity index (χ1v) is 8.46. The lowest BCUT2D eigenvalue weighted by atomic mass is 10.1. The predicted molar refractivity (Wildman–Crippen MR) is 96.5 cm³/mol. The van der Waals surface area contributed by atoms with Gasteiger partial charge in [-0.15, -0.1) is 0 Å². The third kappa shape index (κ3) is 5.19. The molecule has 0 saturated carbocycles. The first-order chi connectivity index (χ1) is 12.1. The lowest BCUT2D eigenvalue weighted by Gasteiger charge is -2.20. The molecule has 0 atom stereocenters. The first kappa shape index (κ1) is 19.7. The Hall–Kier alpha value is -2.61. The third-order valence-corrected chi connectivity index (χ3v) is 4.00. The Bertz CT molecular complexity index is 834. The summed E-state index contributed by atoms with van der Waals surface area (Å²) in [5.74, 6) is -3.65. The first-order valence-electron chi connectivity index (χ1n) is 7.64. The molecular formula is C18H18F2N2O3S. The second-order valence-electron chi connectivity index (χ2n) is 6.55. The smallest absolute Gasteiger partial charge is 0.338 e. The molecule has 8 heteroatoms. The van der Waals surface area contributed by atoms with Crippen molar-refractivity contribution in [3.05, 3.63) is 59.2 Å². The van der Waals surface area contributed by atoms with Gasteiger partial charge in [0.05, 0.1) is 11.3 Å². The molecule has 3 N–H and O–H groups in total. The zero-order valence-electron chi connectivity index (χ0n) is 14.4. The molecule has 0 heterocycles. The van der Waals surface area contributed by atoms with E-state index in [1.54, 1.807) is 24.3 Å². The molecule has 0 fully saturated rings. The monoisotopic (exact) mass is 380 g/mol. The summed E-state index contributed by atoms with van der Waals surface area (Å²) in [5.41, 5.74) is -0.776. The highest BCUT2D eigenvalue weighted by Crippen LogP contribution is 2.26. The van der Waals surface area contributed by atoms with E-state index in [0.29, 0.717) is 16.5 Å². The molecule has 0 spiro atoms. The summed E-state index contributed by atoms with van der Waals surface area (Å²) >= 11 is 1.01. The van der Waals surface area contributed by atoms with Crippen LogP contribution >= 0.6 is 11.9 Å². The fourth-order valence-corrected chi connectivity index (χ4v) is 2.65. The lowest BCUT2D eigenvalue weighted by Crippen LogP contribution is -2.40. The molecule has 0 aliphatic carbocycles. The molecule has 0 aromatic heterocycles. The van der Waals surface area contributed by atoms with Crippen LogP contribution in [-0.2, 0) is 0 Å². The number of carboxylic acid groups (broad SMARTS) is 1. The van der Waals surface area contributed by atoms with E-state index in [0.717, 1.165) is 18.0 Å². The number of amides is 1. The molecule has 2 rings (SSSR count). The number of carbonyl (C=O) groups is 2. The molecule has 5 nitrogen and oxygen atoms in total. The van der Waals surface area contributed by atoms with E-state index < -0.39 is 23.2 Å². The normalized spacial score (nSPS) is 11.1. The molecular weight excluding hydrogens is 362 g/mol. The Morgan fingerprint density at radius 1 is 1.04 bits per heavy atom. The largest absolute Gasteiger partial charge is 0.478 e. The van der Waals surface area contributed by atoms with E-state index >= 15 is 0 Å². The lowest BCUT2D eigenvalue weighted by molar-refractivity contribution is 0.0691. The summed E-state index contributed by atoms with van der Waals surface area (Å²) in [6.45, 7) is 5.63. The number of rotatable bonds is 5. The molecule has 26 heavy (non-hydrogen) atoms. The van der Waals surface area contributed by atoms with Crippen molar-refractivity contribution in [1.29, 1.82) is 0 Å². The summed E-state index contributed by atoms with van der Waals surface area (Å²) in [5, 5.41) is 11.6. The number of hydrogen-bond acceptors (Lipinski definition) is 4. The Labute approximate surface area is 153 Å². The maximum atomic E-state index is 13.9. The summed E-state index contributed by atoms with van der Waals surface area (Å²) in [7, 11) is 0. The van der Waals surface area contributed by atoms with Gasteiger partial charge in [-0.05, 0) is 63.1 Å². The summed E-state index contributed by atoms with van der Waals surface area (Å²) in [6, 6.07) is 7.98. The van der Waals surface area contributed by atoms with Crippen LogP contribution in [0.25, 0.3) is 0 Å². The zero-order chi connectivity index (χ0) is 19.5. The van der Waals surface area contributed by atoms with E-state index in [1.165, 1.54) is 0 Å². The molecule has 0 radical (unpaired) electrons. The van der Waals surface area contributed by atoms with Crippen LogP contribution in [0.15, 0.2) is 41.3 Å². The number of halogens is 2. The van der Waals surface area contributed by atoms with Crippen LogP contribution in [0.2, 0.25) is 0 Å². The zero-order valence-corrected chi connectivity index (χ0v) is 15.2. The quantitative estimate of drug-likeness (QED) is 0.674. The van der Waals surface area contributed by atoms with Gasteiger partial charge in [0.1, 0.15) is 11.6 Å². The fraction of sp³-hybridized carbons (Fsp3) is 0.222. The highest BCUT2D eigenvalue weighted by atomic mass is 32.2. The maximum Gasteiger partial charge on any atom is 0.338 e. The van der Waals surface area contributed by atoms with Gasteiger partial charge in [-0.1, -0.05) is 0 Å². The number of hydrogen-bond donors (Lipinski definition) is 3. The van der Waals surface area contributed by atoms with Crippen molar-refractivity contribution in [3.8, 4) is 0 Å². The predicted octanol–water partition coefficient (Wildman–Crippen LogP) is 4.31. The number of nitrogens with one attached hydrogen (secondary N) is 2. The van der Waals surface area contributed by atoms with Gasteiger partial charge in [-0.25, -0.2) is 13.6 Å². The van der Waals surface area contributed by atoms with Gasteiger partial charge in [-0.3, -0.25) is 4.79 Å². The highest BCUT2D eigenvalue weighted by molar-refractivity contribution is 8.00. The molecule has 0 bridgehead atoms. The molecule has 0 unspecified atom stereocenters. The Kier molecular flexibility index (Phi) is 5.86. The summed E-state index contributed by atoms with van der Waals surface area (Å²) < 4.78 is 30.1. The molecule has 2 aromatic carbocycles. The van der Waals surface area contributed by atoms with Crippen molar-refractivity contribution in [2.45, 2.75) is 31.2 Å². The second-order valence-corrected chi connectivity index (χ2v) is 7.43. The summed E-state index contributed by atoms with van der Waals surface area (Å²) in [4.78, 5) is 23.5. The fourth-order valence-electron chi connectivity index (χ4n) is 1.99. The second kappa shape index (κ2) is 7.74. The average molecular weight is 380 g/mol. The van der Waals surface area contributed by atoms with Gasteiger partial charge < -0.3 is 15.1 Å². The highest BCUT2D eigenvalue weighted by Gasteiger charge is 2.16. The topological polar surface area (TPSA) is 78.4 Å². The molecule has 0 saturated heterocycles. The number of anilines is 1. The van der Waals surface area contributed by atoms with Gasteiger partial charge in [0, 0.05) is 22.1 Å². The van der Waals surface area contributed by atoms with Crippen molar-refractivity contribution in [2.75, 3.05) is 4.72 Å². The molecule has 2 aromatic rings. The summed E-state index contributed by atoms with van der Waals surface area (Å²) in [6.07, 6.45) is 0. The van der Waals surface area contributed by atoms with Gasteiger partial charge in [0.15, 0.2) is 0 Å². The van der Waals surface area contributed by atoms with Crippen LogP contribution in [0, 0.1) is 11.6 Å². The standard InChI is InChI=1S/C18H18F2N2O3S/c1-18(2,3)21-16(23)10-4-6-11(7-5-10)26-22-15-9-13(19)12(17(24)25)8-14(15)20/h4-9,22H,1-3H3,(H,21,23)(H,24,25). The molecule has 138 valence electrons. The van der Waals surface area contributed by atoms with Crippen molar-refractivity contribution in [2.24, 2.45) is 0 Å². The van der Waals surface area contributed by atoms with E-state index in [2.05, 4.69) is 10.0 Å². The minimum absolute atomic E-state index is 0.174. The minimum atomic E-state index is -1.54. The van der Waals surface area contributed by atoms with Gasteiger partial charge in [-0.2, -0.15) is 0 Å².